The van der Waals surface area contributed by atoms with E-state index in [1.165, 1.54) is 36.8 Å². The summed E-state index contributed by atoms with van der Waals surface area (Å²) in [6, 6.07) is 21.1. The molecule has 0 bridgehead atoms. The molecule has 0 radical (unpaired) electrons. The van der Waals surface area contributed by atoms with Crippen LogP contribution in [0, 0.1) is 13.8 Å². The molecule has 0 aliphatic carbocycles. The van der Waals surface area contributed by atoms with E-state index in [-0.39, 0.29) is 19.5 Å². The van der Waals surface area contributed by atoms with Crippen molar-refractivity contribution in [3.05, 3.63) is 85.6 Å². The van der Waals surface area contributed by atoms with Gasteiger partial charge in [-0.3, -0.25) is 0 Å². The maximum Gasteiger partial charge on any atom is 2.00 e. The van der Waals surface area contributed by atoms with Crippen molar-refractivity contribution in [3.63, 3.8) is 0 Å². The quantitative estimate of drug-likeness (QED) is 0.471. The molecular formula is C20H26Zn. The first kappa shape index (κ1) is 20.1. The minimum absolute atomic E-state index is 0. The predicted octanol–water partition coefficient (Wildman–Crippen LogP) is 5.68. The molecule has 0 saturated heterocycles. The zero-order valence-corrected chi connectivity index (χ0v) is 16.1. The van der Waals surface area contributed by atoms with Gasteiger partial charge >= 0.3 is 19.5 Å². The van der Waals surface area contributed by atoms with E-state index < -0.39 is 0 Å². The van der Waals surface area contributed by atoms with Crippen LogP contribution in [-0.2, 0) is 32.3 Å². The molecule has 1 heteroatoms. The molecule has 0 nitrogen and oxygen atoms in total. The molecular weight excluding hydrogens is 306 g/mol. The summed E-state index contributed by atoms with van der Waals surface area (Å²) < 4.78 is 0. The zero-order valence-electron chi connectivity index (χ0n) is 13.1. The van der Waals surface area contributed by atoms with Gasteiger partial charge in [-0.15, -0.1) is 0 Å². The molecule has 0 fully saturated rings. The number of rotatable bonds is 6. The number of hydrogen-bond acceptors (Lipinski definition) is 0. The standard InChI is InChI=1S/2C10H13.Zn/c2*1-2-3-7-10-8-5-4-6-9-10;/h2*4-6,8-9H,1-3,7H2;/q2*-1;+2. The minimum atomic E-state index is 0. The average molecular weight is 332 g/mol. The van der Waals surface area contributed by atoms with E-state index in [9.17, 15) is 0 Å². The van der Waals surface area contributed by atoms with Crippen LogP contribution in [0.25, 0.3) is 0 Å². The van der Waals surface area contributed by atoms with Crippen molar-refractivity contribution in [3.8, 4) is 0 Å². The summed E-state index contributed by atoms with van der Waals surface area (Å²) in [5, 5.41) is 0. The summed E-state index contributed by atoms with van der Waals surface area (Å²) >= 11 is 0. The van der Waals surface area contributed by atoms with Crippen molar-refractivity contribution in [2.45, 2.75) is 38.5 Å². The molecule has 0 aliphatic heterocycles. The fourth-order valence-corrected chi connectivity index (χ4v) is 1.95. The smallest absolute Gasteiger partial charge is 0.343 e. The van der Waals surface area contributed by atoms with Gasteiger partial charge in [0, 0.05) is 0 Å². The van der Waals surface area contributed by atoms with Crippen LogP contribution in [0.5, 0.6) is 0 Å². The van der Waals surface area contributed by atoms with Crippen LogP contribution in [-0.4, -0.2) is 0 Å². The third-order valence-corrected chi connectivity index (χ3v) is 3.12. The van der Waals surface area contributed by atoms with Gasteiger partial charge in [-0.1, -0.05) is 73.5 Å². The number of hydrogen-bond donors (Lipinski definition) is 0. The van der Waals surface area contributed by atoms with Gasteiger partial charge in [0.05, 0.1) is 0 Å². The molecule has 0 unspecified atom stereocenters. The van der Waals surface area contributed by atoms with Crippen LogP contribution in [0.2, 0.25) is 0 Å². The Hall–Kier alpha value is -0.937. The largest absolute Gasteiger partial charge is 2.00 e. The Morgan fingerprint density at radius 1 is 0.571 bits per heavy atom. The van der Waals surface area contributed by atoms with Crippen LogP contribution in [0.4, 0.5) is 0 Å². The Morgan fingerprint density at radius 2 is 0.905 bits per heavy atom. The van der Waals surface area contributed by atoms with Crippen LogP contribution in [0.3, 0.4) is 0 Å². The van der Waals surface area contributed by atoms with Gasteiger partial charge in [0.25, 0.3) is 0 Å². The molecule has 0 saturated carbocycles. The first-order chi connectivity index (χ1) is 9.86. The molecule has 2 aromatic rings. The Bertz CT molecular complexity index is 379. The van der Waals surface area contributed by atoms with Gasteiger partial charge in [0.15, 0.2) is 0 Å². The molecule has 108 valence electrons. The Kier molecular flexibility index (Phi) is 13.4. The molecule has 0 aliphatic rings. The van der Waals surface area contributed by atoms with Crippen LogP contribution < -0.4 is 0 Å². The third kappa shape index (κ3) is 10.4. The van der Waals surface area contributed by atoms with Crippen molar-refractivity contribution in [1.82, 2.24) is 0 Å². The molecule has 2 rings (SSSR count). The Balaban J connectivity index is 0.000000364. The van der Waals surface area contributed by atoms with Gasteiger partial charge in [0.2, 0.25) is 0 Å². The van der Waals surface area contributed by atoms with Gasteiger partial charge in [-0.05, 0) is 24.0 Å². The van der Waals surface area contributed by atoms with E-state index in [0.717, 1.165) is 12.8 Å². The van der Waals surface area contributed by atoms with Crippen molar-refractivity contribution in [2.75, 3.05) is 0 Å². The summed E-state index contributed by atoms with van der Waals surface area (Å²) in [5.41, 5.74) is 2.84. The number of unbranched alkanes of at least 4 members (excludes halogenated alkanes) is 2. The molecule has 0 N–H and O–H groups in total. The van der Waals surface area contributed by atoms with E-state index in [0.29, 0.717) is 0 Å². The molecule has 2 aromatic carbocycles. The monoisotopic (exact) mass is 330 g/mol. The van der Waals surface area contributed by atoms with Gasteiger partial charge in [-0.2, -0.15) is 12.8 Å². The van der Waals surface area contributed by atoms with Crippen molar-refractivity contribution < 1.29 is 19.5 Å². The molecule has 0 amide bonds. The maximum absolute atomic E-state index is 3.80. The predicted molar refractivity (Wildman–Crippen MR) is 89.5 cm³/mol. The normalized spacial score (nSPS) is 9.24. The molecule has 0 atom stereocenters. The van der Waals surface area contributed by atoms with Crippen molar-refractivity contribution in [2.24, 2.45) is 0 Å². The second-order valence-electron chi connectivity index (χ2n) is 4.89. The topological polar surface area (TPSA) is 0 Å². The van der Waals surface area contributed by atoms with E-state index in [4.69, 9.17) is 0 Å². The SMILES string of the molecule is [CH2-]CCCc1ccccc1.[CH2-]CCCc1ccccc1.[Zn+2]. The zero-order chi connectivity index (χ0) is 14.5. The minimum Gasteiger partial charge on any atom is -0.343 e. The summed E-state index contributed by atoms with van der Waals surface area (Å²) in [6.45, 7) is 7.60. The third-order valence-electron chi connectivity index (χ3n) is 3.12. The van der Waals surface area contributed by atoms with E-state index in [1.54, 1.807) is 0 Å². The summed E-state index contributed by atoms with van der Waals surface area (Å²) in [7, 11) is 0. The number of benzene rings is 2. The van der Waals surface area contributed by atoms with Crippen LogP contribution in [0.1, 0.15) is 36.8 Å². The number of aryl methyl sites for hydroxylation is 2. The fourth-order valence-electron chi connectivity index (χ4n) is 1.95. The first-order valence-corrected chi connectivity index (χ1v) is 7.53. The van der Waals surface area contributed by atoms with Crippen LogP contribution in [0.15, 0.2) is 60.7 Å². The van der Waals surface area contributed by atoms with E-state index in [1.807, 2.05) is 12.1 Å². The van der Waals surface area contributed by atoms with E-state index in [2.05, 4.69) is 62.4 Å². The second kappa shape index (κ2) is 14.0. The second-order valence-corrected chi connectivity index (χ2v) is 4.89. The van der Waals surface area contributed by atoms with Crippen molar-refractivity contribution >= 4 is 0 Å². The summed E-state index contributed by atoms with van der Waals surface area (Å²) in [6.07, 6.45) is 6.81. The fraction of sp³-hybridized carbons (Fsp3) is 0.300. The maximum atomic E-state index is 3.80. The molecule has 0 spiro atoms. The van der Waals surface area contributed by atoms with Crippen molar-refractivity contribution in [1.29, 1.82) is 0 Å². The van der Waals surface area contributed by atoms with Crippen LogP contribution >= 0.6 is 0 Å². The Labute approximate surface area is 143 Å². The average Bonchev–Trinajstić information content (AvgIpc) is 2.53. The molecule has 21 heavy (non-hydrogen) atoms. The van der Waals surface area contributed by atoms with Gasteiger partial charge < -0.3 is 13.8 Å². The summed E-state index contributed by atoms with van der Waals surface area (Å²) in [4.78, 5) is 0. The van der Waals surface area contributed by atoms with E-state index >= 15 is 0 Å². The first-order valence-electron chi connectivity index (χ1n) is 7.53. The van der Waals surface area contributed by atoms with Gasteiger partial charge in [0.1, 0.15) is 0 Å². The summed E-state index contributed by atoms with van der Waals surface area (Å²) in [5.74, 6) is 0. The molecule has 0 aromatic heterocycles. The molecule has 0 heterocycles. The Morgan fingerprint density at radius 3 is 1.19 bits per heavy atom. The van der Waals surface area contributed by atoms with Gasteiger partial charge in [-0.25, -0.2) is 0 Å².